The molecule has 0 spiro atoms. The third-order valence-electron chi connectivity index (χ3n) is 3.28. The first-order valence-corrected chi connectivity index (χ1v) is 6.67. The molecule has 0 bridgehead atoms. The SMILES string of the molecule is Nc1nc(=O)n([C@H]2C[C@H](O)[C@@H](CO)O2)cc1COCC(F)(F)F. The van der Waals surface area contributed by atoms with Crippen LogP contribution in [0, 0.1) is 0 Å². The standard InChI is InChI=1S/C12H16F3N3O5/c13-12(14,15)5-22-4-6-2-18(11(21)17-10(6)16)9-1-7(20)8(3-19)23-9/h2,7-9,19-20H,1,3-5H2,(H2,16,17,21)/t7-,8+,9+/m0/s1. The molecule has 3 atom stereocenters. The molecule has 0 aliphatic carbocycles. The Labute approximate surface area is 128 Å². The third kappa shape index (κ3) is 4.41. The van der Waals surface area contributed by atoms with Crippen LogP contribution < -0.4 is 11.4 Å². The van der Waals surface area contributed by atoms with Crippen molar-refractivity contribution >= 4 is 5.82 Å². The number of rotatable bonds is 5. The number of anilines is 1. The predicted octanol–water partition coefficient (Wildman–Crippen LogP) is -0.455. The van der Waals surface area contributed by atoms with Crippen molar-refractivity contribution in [3.8, 4) is 0 Å². The minimum atomic E-state index is -4.48. The number of hydrogen-bond acceptors (Lipinski definition) is 7. The molecular weight excluding hydrogens is 323 g/mol. The number of aliphatic hydroxyl groups is 2. The molecule has 0 unspecified atom stereocenters. The number of nitrogens with two attached hydrogens (primary N) is 1. The zero-order valence-electron chi connectivity index (χ0n) is 11.9. The summed E-state index contributed by atoms with van der Waals surface area (Å²) in [7, 11) is 0. The van der Waals surface area contributed by atoms with Gasteiger partial charge in [-0.3, -0.25) is 4.57 Å². The predicted molar refractivity (Wildman–Crippen MR) is 70.2 cm³/mol. The van der Waals surface area contributed by atoms with Gasteiger partial charge in [0.05, 0.1) is 19.3 Å². The molecule has 2 rings (SSSR count). The van der Waals surface area contributed by atoms with E-state index in [1.807, 2.05) is 0 Å². The number of halogens is 3. The number of ether oxygens (including phenoxy) is 2. The summed E-state index contributed by atoms with van der Waals surface area (Å²) in [6, 6.07) is 0. The first kappa shape index (κ1) is 17.7. The van der Waals surface area contributed by atoms with Crippen LogP contribution >= 0.6 is 0 Å². The summed E-state index contributed by atoms with van der Waals surface area (Å²) in [6.07, 6.45) is -6.00. The van der Waals surface area contributed by atoms with Gasteiger partial charge >= 0.3 is 11.9 Å². The molecule has 1 saturated heterocycles. The zero-order valence-corrected chi connectivity index (χ0v) is 11.9. The van der Waals surface area contributed by atoms with Crippen molar-refractivity contribution in [1.29, 1.82) is 0 Å². The summed E-state index contributed by atoms with van der Waals surface area (Å²) in [4.78, 5) is 15.3. The fraction of sp³-hybridized carbons (Fsp3) is 0.667. The molecule has 23 heavy (non-hydrogen) atoms. The van der Waals surface area contributed by atoms with E-state index in [9.17, 15) is 23.1 Å². The lowest BCUT2D eigenvalue weighted by atomic mass is 10.2. The lowest BCUT2D eigenvalue weighted by molar-refractivity contribution is -0.176. The van der Waals surface area contributed by atoms with Gasteiger partial charge in [-0.15, -0.1) is 0 Å². The average Bonchev–Trinajstić information content (AvgIpc) is 2.81. The molecule has 4 N–H and O–H groups in total. The van der Waals surface area contributed by atoms with Gasteiger partial charge in [-0.05, 0) is 0 Å². The van der Waals surface area contributed by atoms with Crippen LogP contribution in [0.25, 0.3) is 0 Å². The van der Waals surface area contributed by atoms with E-state index < -0.39 is 50.1 Å². The molecule has 11 heteroatoms. The molecular formula is C12H16F3N3O5. The van der Waals surface area contributed by atoms with Crippen LogP contribution in [-0.2, 0) is 16.1 Å². The van der Waals surface area contributed by atoms with E-state index in [1.165, 1.54) is 6.20 Å². The van der Waals surface area contributed by atoms with Gasteiger partial charge in [-0.2, -0.15) is 18.2 Å². The highest BCUT2D eigenvalue weighted by Crippen LogP contribution is 2.28. The highest BCUT2D eigenvalue weighted by atomic mass is 19.4. The molecule has 0 aromatic carbocycles. The smallest absolute Gasteiger partial charge is 0.394 e. The molecule has 1 aliphatic heterocycles. The van der Waals surface area contributed by atoms with Crippen molar-refractivity contribution in [3.05, 3.63) is 22.2 Å². The molecule has 2 heterocycles. The zero-order chi connectivity index (χ0) is 17.2. The minimum absolute atomic E-state index is 0.0274. The van der Waals surface area contributed by atoms with E-state index in [0.717, 1.165) is 4.57 Å². The first-order valence-electron chi connectivity index (χ1n) is 6.67. The van der Waals surface area contributed by atoms with Crippen LogP contribution in [0.2, 0.25) is 0 Å². The Balaban J connectivity index is 2.15. The van der Waals surface area contributed by atoms with Gasteiger partial charge in [-0.1, -0.05) is 0 Å². The fourth-order valence-corrected chi connectivity index (χ4v) is 2.17. The van der Waals surface area contributed by atoms with Crippen LogP contribution in [0.1, 0.15) is 18.2 Å². The van der Waals surface area contributed by atoms with Crippen molar-refractivity contribution in [2.45, 2.75) is 37.6 Å². The van der Waals surface area contributed by atoms with E-state index in [1.54, 1.807) is 0 Å². The van der Waals surface area contributed by atoms with E-state index in [0.29, 0.717) is 0 Å². The van der Waals surface area contributed by atoms with Crippen molar-refractivity contribution in [2.75, 3.05) is 18.9 Å². The van der Waals surface area contributed by atoms with Crippen LogP contribution in [0.3, 0.4) is 0 Å². The summed E-state index contributed by atoms with van der Waals surface area (Å²) < 4.78 is 47.0. The highest BCUT2D eigenvalue weighted by Gasteiger charge is 2.35. The Morgan fingerprint density at radius 2 is 2.22 bits per heavy atom. The molecule has 0 radical (unpaired) electrons. The van der Waals surface area contributed by atoms with Crippen molar-refractivity contribution in [1.82, 2.24) is 9.55 Å². The van der Waals surface area contributed by atoms with Gasteiger partial charge in [0.1, 0.15) is 24.8 Å². The van der Waals surface area contributed by atoms with Crippen LogP contribution in [-0.4, -0.2) is 51.4 Å². The second-order valence-electron chi connectivity index (χ2n) is 5.06. The maximum atomic E-state index is 12.1. The van der Waals surface area contributed by atoms with E-state index in [-0.39, 0.29) is 17.8 Å². The first-order chi connectivity index (χ1) is 10.7. The molecule has 8 nitrogen and oxygen atoms in total. The second-order valence-corrected chi connectivity index (χ2v) is 5.06. The lowest BCUT2D eigenvalue weighted by Crippen LogP contribution is -2.29. The third-order valence-corrected chi connectivity index (χ3v) is 3.28. The number of nitrogen functional groups attached to an aromatic ring is 1. The van der Waals surface area contributed by atoms with Gasteiger partial charge in [0.25, 0.3) is 0 Å². The summed E-state index contributed by atoms with van der Waals surface area (Å²) >= 11 is 0. The van der Waals surface area contributed by atoms with Crippen molar-refractivity contribution in [2.24, 2.45) is 0 Å². The number of aliphatic hydroxyl groups excluding tert-OH is 2. The minimum Gasteiger partial charge on any atom is -0.394 e. The summed E-state index contributed by atoms with van der Waals surface area (Å²) in [5.74, 6) is -0.245. The highest BCUT2D eigenvalue weighted by molar-refractivity contribution is 5.36. The van der Waals surface area contributed by atoms with Gasteiger partial charge < -0.3 is 25.4 Å². The summed E-state index contributed by atoms with van der Waals surface area (Å²) in [5, 5.41) is 18.7. The maximum absolute atomic E-state index is 12.1. The Kier molecular flexibility index (Phi) is 5.24. The summed E-state index contributed by atoms with van der Waals surface area (Å²) in [5.41, 5.74) is 4.81. The van der Waals surface area contributed by atoms with Gasteiger partial charge in [0.2, 0.25) is 0 Å². The molecule has 0 saturated carbocycles. The van der Waals surface area contributed by atoms with Crippen LogP contribution in [0.15, 0.2) is 11.0 Å². The van der Waals surface area contributed by atoms with E-state index in [4.69, 9.17) is 15.6 Å². The summed E-state index contributed by atoms with van der Waals surface area (Å²) in [6.45, 7) is -2.38. The normalized spacial score (nSPS) is 25.0. The molecule has 0 amide bonds. The van der Waals surface area contributed by atoms with Crippen molar-refractivity contribution in [3.63, 3.8) is 0 Å². The monoisotopic (exact) mass is 339 g/mol. The molecule has 1 aliphatic rings. The van der Waals surface area contributed by atoms with Crippen LogP contribution in [0.4, 0.5) is 19.0 Å². The maximum Gasteiger partial charge on any atom is 0.411 e. The largest absolute Gasteiger partial charge is 0.411 e. The van der Waals surface area contributed by atoms with E-state index >= 15 is 0 Å². The molecule has 1 aromatic rings. The number of hydrogen-bond donors (Lipinski definition) is 3. The molecule has 1 aromatic heterocycles. The Morgan fingerprint density at radius 1 is 1.52 bits per heavy atom. The Morgan fingerprint density at radius 3 is 2.78 bits per heavy atom. The Hall–Kier alpha value is -1.69. The van der Waals surface area contributed by atoms with Crippen LogP contribution in [0.5, 0.6) is 0 Å². The number of alkyl halides is 3. The second kappa shape index (κ2) is 6.83. The number of nitrogens with zero attached hydrogens (tertiary/aromatic N) is 2. The Bertz CT molecular complexity index is 607. The number of aromatic nitrogens is 2. The van der Waals surface area contributed by atoms with E-state index in [2.05, 4.69) is 9.72 Å². The van der Waals surface area contributed by atoms with Gasteiger partial charge in [0, 0.05) is 18.2 Å². The van der Waals surface area contributed by atoms with Gasteiger partial charge in [-0.25, -0.2) is 4.79 Å². The van der Waals surface area contributed by atoms with Gasteiger partial charge in [0.15, 0.2) is 0 Å². The van der Waals surface area contributed by atoms with Crippen molar-refractivity contribution < 1.29 is 32.9 Å². The average molecular weight is 339 g/mol. The molecule has 130 valence electrons. The molecule has 1 fully saturated rings. The fourth-order valence-electron chi connectivity index (χ4n) is 2.17. The topological polar surface area (TPSA) is 120 Å². The lowest BCUT2D eigenvalue weighted by Gasteiger charge is -2.16. The quantitative estimate of drug-likeness (QED) is 0.664.